The Morgan fingerprint density at radius 2 is 1.72 bits per heavy atom. The molecule has 0 saturated carbocycles. The van der Waals surface area contributed by atoms with Crippen molar-refractivity contribution in [2.45, 2.75) is 44.0 Å². The van der Waals surface area contributed by atoms with Gasteiger partial charge in [-0.15, -0.1) is 0 Å². The van der Waals surface area contributed by atoms with Crippen LogP contribution in [0.5, 0.6) is 0 Å². The molecule has 0 atom stereocenters. The molecule has 0 radical (unpaired) electrons. The molecule has 0 aliphatic carbocycles. The summed E-state index contributed by atoms with van der Waals surface area (Å²) in [7, 11) is -3.58. The number of nitrogens with two attached hydrogens (primary N) is 1. The van der Waals surface area contributed by atoms with Crippen molar-refractivity contribution in [2.24, 2.45) is 5.14 Å². The van der Waals surface area contributed by atoms with E-state index in [-0.39, 0.29) is 4.90 Å². The zero-order valence-corrected chi connectivity index (χ0v) is 11.8. The Bertz CT molecular complexity index is 450. The molecule has 102 valence electrons. The van der Waals surface area contributed by atoms with Crippen molar-refractivity contribution >= 4 is 10.0 Å². The lowest BCUT2D eigenvalue weighted by Crippen LogP contribution is -2.29. The fourth-order valence-corrected chi connectivity index (χ4v) is 2.36. The van der Waals surface area contributed by atoms with Crippen molar-refractivity contribution in [3.8, 4) is 0 Å². The maximum absolute atomic E-state index is 11.1. The molecule has 0 aliphatic rings. The summed E-state index contributed by atoms with van der Waals surface area (Å²) in [5.41, 5.74) is 1.11. The summed E-state index contributed by atoms with van der Waals surface area (Å²) in [6, 6.07) is 7.31. The van der Waals surface area contributed by atoms with E-state index in [1.165, 1.54) is 0 Å². The molecule has 0 spiro atoms. The lowest BCUT2D eigenvalue weighted by molar-refractivity contribution is 0.488. The Labute approximate surface area is 110 Å². The minimum absolute atomic E-state index is 0.166. The average Bonchev–Trinajstić information content (AvgIpc) is 2.34. The van der Waals surface area contributed by atoms with Gasteiger partial charge in [0.2, 0.25) is 10.0 Å². The van der Waals surface area contributed by atoms with Gasteiger partial charge in [0, 0.05) is 6.04 Å². The first-order valence-corrected chi connectivity index (χ1v) is 7.87. The Hall–Kier alpha value is -0.910. The van der Waals surface area contributed by atoms with Crippen molar-refractivity contribution in [1.29, 1.82) is 0 Å². The molecule has 1 aromatic carbocycles. The summed E-state index contributed by atoms with van der Waals surface area (Å²) in [5, 5.41) is 8.51. The van der Waals surface area contributed by atoms with Crippen LogP contribution in [0.1, 0.15) is 32.3 Å². The number of rotatable bonds is 7. The number of primary sulfonamides is 1. The molecular weight excluding hydrogens is 248 g/mol. The zero-order valence-electron chi connectivity index (χ0n) is 11.0. The SMILES string of the molecule is CCC(CC)NCCc1ccc(S(N)(=O)=O)cc1. The van der Waals surface area contributed by atoms with Gasteiger partial charge in [-0.25, -0.2) is 13.6 Å². The summed E-state index contributed by atoms with van der Waals surface area (Å²) in [4.78, 5) is 0.166. The van der Waals surface area contributed by atoms with Gasteiger partial charge in [-0.05, 0) is 43.5 Å². The number of nitrogens with one attached hydrogen (secondary N) is 1. The molecule has 0 amide bonds. The molecule has 5 heteroatoms. The lowest BCUT2D eigenvalue weighted by atomic mass is 10.1. The minimum Gasteiger partial charge on any atom is -0.314 e. The molecule has 0 bridgehead atoms. The molecule has 3 N–H and O–H groups in total. The van der Waals surface area contributed by atoms with E-state index in [0.29, 0.717) is 6.04 Å². The highest BCUT2D eigenvalue weighted by Gasteiger charge is 2.07. The fraction of sp³-hybridized carbons (Fsp3) is 0.538. The van der Waals surface area contributed by atoms with E-state index in [2.05, 4.69) is 19.2 Å². The van der Waals surface area contributed by atoms with Crippen molar-refractivity contribution < 1.29 is 8.42 Å². The van der Waals surface area contributed by atoms with Gasteiger partial charge in [-0.1, -0.05) is 26.0 Å². The fourth-order valence-electron chi connectivity index (χ4n) is 1.84. The van der Waals surface area contributed by atoms with Crippen LogP contribution in [0, 0.1) is 0 Å². The quantitative estimate of drug-likeness (QED) is 0.791. The summed E-state index contributed by atoms with van der Waals surface area (Å²) < 4.78 is 22.2. The van der Waals surface area contributed by atoms with E-state index in [0.717, 1.165) is 31.4 Å². The van der Waals surface area contributed by atoms with E-state index in [9.17, 15) is 8.42 Å². The second-order valence-electron chi connectivity index (χ2n) is 4.41. The topological polar surface area (TPSA) is 72.2 Å². The van der Waals surface area contributed by atoms with E-state index in [4.69, 9.17) is 5.14 Å². The zero-order chi connectivity index (χ0) is 13.6. The molecule has 1 aromatic rings. The Balaban J connectivity index is 2.50. The van der Waals surface area contributed by atoms with E-state index in [1.807, 2.05) is 12.1 Å². The summed E-state index contributed by atoms with van der Waals surface area (Å²) in [6.45, 7) is 5.24. The van der Waals surface area contributed by atoms with Crippen LogP contribution in [0.25, 0.3) is 0 Å². The third kappa shape index (κ3) is 4.76. The smallest absolute Gasteiger partial charge is 0.238 e. The van der Waals surface area contributed by atoms with E-state index < -0.39 is 10.0 Å². The summed E-state index contributed by atoms with van der Waals surface area (Å²) in [6.07, 6.45) is 3.14. The standard InChI is InChI=1S/C13H22N2O2S/c1-3-12(4-2)15-10-9-11-5-7-13(8-6-11)18(14,16)17/h5-8,12,15H,3-4,9-10H2,1-2H3,(H2,14,16,17). The third-order valence-electron chi connectivity index (χ3n) is 3.08. The highest BCUT2D eigenvalue weighted by Crippen LogP contribution is 2.09. The molecule has 0 saturated heterocycles. The molecule has 4 nitrogen and oxygen atoms in total. The Morgan fingerprint density at radius 3 is 2.17 bits per heavy atom. The van der Waals surface area contributed by atoms with Crippen LogP contribution >= 0.6 is 0 Å². The summed E-state index contributed by atoms with van der Waals surface area (Å²) in [5.74, 6) is 0. The van der Waals surface area contributed by atoms with Gasteiger partial charge in [-0.2, -0.15) is 0 Å². The van der Waals surface area contributed by atoms with Gasteiger partial charge in [0.15, 0.2) is 0 Å². The third-order valence-corrected chi connectivity index (χ3v) is 4.01. The Morgan fingerprint density at radius 1 is 1.17 bits per heavy atom. The van der Waals surface area contributed by atoms with Gasteiger partial charge in [-0.3, -0.25) is 0 Å². The van der Waals surface area contributed by atoms with Crippen molar-refractivity contribution in [1.82, 2.24) is 5.32 Å². The van der Waals surface area contributed by atoms with Crippen molar-refractivity contribution in [3.63, 3.8) is 0 Å². The molecule has 0 fully saturated rings. The molecule has 0 unspecified atom stereocenters. The average molecular weight is 270 g/mol. The Kier molecular flexibility index (Phi) is 5.78. The van der Waals surface area contributed by atoms with E-state index in [1.54, 1.807) is 12.1 Å². The highest BCUT2D eigenvalue weighted by atomic mass is 32.2. The van der Waals surface area contributed by atoms with Gasteiger partial charge >= 0.3 is 0 Å². The predicted octanol–water partition coefficient (Wildman–Crippen LogP) is 1.65. The van der Waals surface area contributed by atoms with Crippen LogP contribution in [0.4, 0.5) is 0 Å². The maximum Gasteiger partial charge on any atom is 0.238 e. The number of benzene rings is 1. The van der Waals surface area contributed by atoms with Crippen molar-refractivity contribution in [3.05, 3.63) is 29.8 Å². The van der Waals surface area contributed by atoms with Crippen LogP contribution in [0.3, 0.4) is 0 Å². The first-order chi connectivity index (χ1) is 8.47. The van der Waals surface area contributed by atoms with Crippen LogP contribution in [0.2, 0.25) is 0 Å². The van der Waals surface area contributed by atoms with Gasteiger partial charge < -0.3 is 5.32 Å². The maximum atomic E-state index is 11.1. The highest BCUT2D eigenvalue weighted by molar-refractivity contribution is 7.89. The van der Waals surface area contributed by atoms with Crippen LogP contribution in [-0.2, 0) is 16.4 Å². The van der Waals surface area contributed by atoms with Gasteiger partial charge in [0.05, 0.1) is 4.90 Å². The molecule has 0 aromatic heterocycles. The molecule has 0 aliphatic heterocycles. The largest absolute Gasteiger partial charge is 0.314 e. The van der Waals surface area contributed by atoms with Crippen LogP contribution in [-0.4, -0.2) is 21.0 Å². The van der Waals surface area contributed by atoms with Gasteiger partial charge in [0.25, 0.3) is 0 Å². The first kappa shape index (κ1) is 15.1. The first-order valence-electron chi connectivity index (χ1n) is 6.32. The lowest BCUT2D eigenvalue weighted by Gasteiger charge is -2.14. The summed E-state index contributed by atoms with van der Waals surface area (Å²) >= 11 is 0. The molecule has 18 heavy (non-hydrogen) atoms. The molecule has 0 heterocycles. The van der Waals surface area contributed by atoms with E-state index >= 15 is 0 Å². The predicted molar refractivity (Wildman–Crippen MR) is 73.9 cm³/mol. The van der Waals surface area contributed by atoms with Crippen LogP contribution in [0.15, 0.2) is 29.2 Å². The number of hydrogen-bond acceptors (Lipinski definition) is 3. The second-order valence-corrected chi connectivity index (χ2v) is 5.97. The second kappa shape index (κ2) is 6.87. The van der Waals surface area contributed by atoms with Crippen LogP contribution < -0.4 is 10.5 Å². The molecular formula is C13H22N2O2S. The van der Waals surface area contributed by atoms with Gasteiger partial charge in [0.1, 0.15) is 0 Å². The minimum atomic E-state index is -3.58. The van der Waals surface area contributed by atoms with Crippen molar-refractivity contribution in [2.75, 3.05) is 6.54 Å². The normalized spacial score (nSPS) is 12.0. The molecule has 1 rings (SSSR count). The monoisotopic (exact) mass is 270 g/mol. The number of sulfonamides is 1. The number of hydrogen-bond donors (Lipinski definition) is 2.